The second-order valence-corrected chi connectivity index (χ2v) is 21.6. The number of hydrogen-bond donors (Lipinski definition) is 0. The molecule has 5 heterocycles. The van der Waals surface area contributed by atoms with Crippen molar-refractivity contribution >= 4 is 101 Å². The molecule has 0 bridgehead atoms. The molecule has 83 heavy (non-hydrogen) atoms. The van der Waals surface area contributed by atoms with Crippen LogP contribution in [0.2, 0.25) is 0 Å². The summed E-state index contributed by atoms with van der Waals surface area (Å²) in [7, 11) is 0. The highest BCUT2D eigenvalue weighted by atomic mass is 16.3. The Morgan fingerprint density at radius 1 is 0.325 bits per heavy atom. The van der Waals surface area contributed by atoms with E-state index in [2.05, 4.69) is 275 Å². The number of hydrogen-bond acceptors (Lipinski definition) is 5. The first-order chi connectivity index (χ1) is 41.2. The normalized spacial score (nSPS) is 12.5. The highest BCUT2D eigenvalue weighted by Crippen LogP contribution is 2.46. The summed E-state index contributed by atoms with van der Waals surface area (Å²) in [5, 5.41) is 4.45. The summed E-state index contributed by atoms with van der Waals surface area (Å²) in [6.45, 7) is 0.0730. The lowest BCUT2D eigenvalue weighted by molar-refractivity contribution is 0.673. The molecular weight excluding hydrogens is 1010 g/mol. The zero-order chi connectivity index (χ0) is 54.5. The summed E-state index contributed by atoms with van der Waals surface area (Å²) >= 11 is 0. The van der Waals surface area contributed by atoms with Crippen LogP contribution in [0.25, 0.3) is 106 Å². The van der Waals surface area contributed by atoms with Crippen molar-refractivity contribution in [1.29, 1.82) is 0 Å². The molecule has 12 aromatic carbocycles. The SMILES string of the molecule is c1ccc(-c2cc(-c3ccc(-n4c5ccccc5c5c6oc7ccccc7c6ccc54)c(-c4ccc(-c5cccc(N6c7ccccc7B7c8ccccc8N(c8ccccc8)c8cccc6c87)c5)cc4)c3)nc(-c3ccccc3)n2)cc1. The Morgan fingerprint density at radius 3 is 1.63 bits per heavy atom. The van der Waals surface area contributed by atoms with Gasteiger partial charge in [-0.1, -0.05) is 200 Å². The second-order valence-electron chi connectivity index (χ2n) is 21.6. The van der Waals surface area contributed by atoms with Gasteiger partial charge in [0, 0.05) is 72.5 Å². The Hall–Kier alpha value is -11.0. The van der Waals surface area contributed by atoms with Crippen molar-refractivity contribution in [2.24, 2.45) is 0 Å². The molecule has 0 saturated heterocycles. The predicted molar refractivity (Wildman–Crippen MR) is 345 cm³/mol. The van der Waals surface area contributed by atoms with E-state index in [9.17, 15) is 0 Å². The van der Waals surface area contributed by atoms with Crippen molar-refractivity contribution in [3.05, 3.63) is 291 Å². The summed E-state index contributed by atoms with van der Waals surface area (Å²) in [5.41, 5.74) is 25.0. The van der Waals surface area contributed by atoms with Gasteiger partial charge in [-0.15, -0.1) is 0 Å². The number of benzene rings is 12. The fourth-order valence-electron chi connectivity index (χ4n) is 13.3. The molecule has 0 aliphatic carbocycles. The first-order valence-corrected chi connectivity index (χ1v) is 28.3. The molecule has 6 nitrogen and oxygen atoms in total. The van der Waals surface area contributed by atoms with Gasteiger partial charge in [-0.25, -0.2) is 9.97 Å². The van der Waals surface area contributed by atoms with E-state index in [1.165, 1.54) is 39.1 Å². The largest absolute Gasteiger partial charge is 0.455 e. The van der Waals surface area contributed by atoms with Crippen LogP contribution < -0.4 is 26.2 Å². The van der Waals surface area contributed by atoms with Gasteiger partial charge in [-0.3, -0.25) is 0 Å². The highest BCUT2D eigenvalue weighted by Gasteiger charge is 2.43. The monoisotopic (exact) mass is 1060 g/mol. The number of furan rings is 1. The van der Waals surface area contributed by atoms with Gasteiger partial charge in [0.05, 0.1) is 33.5 Å². The molecule has 2 aliphatic heterocycles. The lowest BCUT2D eigenvalue weighted by Gasteiger charge is -2.44. The summed E-state index contributed by atoms with van der Waals surface area (Å²) in [6.07, 6.45) is 0. The Balaban J connectivity index is 0.823. The number of anilines is 6. The minimum Gasteiger partial charge on any atom is -0.455 e. The van der Waals surface area contributed by atoms with Gasteiger partial charge < -0.3 is 18.8 Å². The van der Waals surface area contributed by atoms with E-state index in [-0.39, 0.29) is 6.71 Å². The number of aromatic nitrogens is 3. The fourth-order valence-corrected chi connectivity index (χ4v) is 13.3. The van der Waals surface area contributed by atoms with Crippen LogP contribution in [0, 0.1) is 0 Å². The molecule has 0 N–H and O–H groups in total. The minimum atomic E-state index is 0.0730. The number of fused-ring (bicyclic) bond motifs is 11. The summed E-state index contributed by atoms with van der Waals surface area (Å²) in [4.78, 5) is 15.4. The van der Waals surface area contributed by atoms with Crippen LogP contribution in [-0.4, -0.2) is 21.2 Å². The average molecular weight is 1060 g/mol. The van der Waals surface area contributed by atoms with E-state index in [1.54, 1.807) is 0 Å². The van der Waals surface area contributed by atoms with Gasteiger partial charge in [-0.2, -0.15) is 0 Å². The Kier molecular flexibility index (Phi) is 10.6. The van der Waals surface area contributed by atoms with Gasteiger partial charge >= 0.3 is 0 Å². The standard InChI is InChI=1S/C76H48BN5O/c1-4-20-51(21-5-1)63-48-64(79-76(78-63)52-22-6-2-7-23-52)54-42-44-66(82-65-32-14-10-29-59(65)73-69(82)45-43-58-57-28-11-17-37-72(57)83-75(58)73)60(47-54)50-40-38-49(39-41-50)53-24-18-27-56(46-53)81-68-34-16-13-31-62(68)77-61-30-12-15-33-67(61)80(55-25-8-3-9-26-55)70-35-19-36-71(81)74(70)77/h1-48H. The maximum atomic E-state index is 6.77. The van der Waals surface area contributed by atoms with Crippen LogP contribution in [0.4, 0.5) is 34.1 Å². The average Bonchev–Trinajstić information content (AvgIpc) is 4.28. The van der Waals surface area contributed by atoms with Crippen LogP contribution in [0.3, 0.4) is 0 Å². The number of rotatable bonds is 8. The van der Waals surface area contributed by atoms with Crippen molar-refractivity contribution < 1.29 is 4.42 Å². The molecule has 3 aromatic heterocycles. The third kappa shape index (κ3) is 7.45. The molecule has 15 aromatic rings. The van der Waals surface area contributed by atoms with Crippen molar-refractivity contribution in [2.45, 2.75) is 0 Å². The van der Waals surface area contributed by atoms with E-state index >= 15 is 0 Å². The predicted octanol–water partition coefficient (Wildman–Crippen LogP) is 17.9. The molecular formula is C76H48BN5O. The highest BCUT2D eigenvalue weighted by molar-refractivity contribution is 7.00. The fraction of sp³-hybridized carbons (Fsp3) is 0. The molecule has 0 unspecified atom stereocenters. The zero-order valence-corrected chi connectivity index (χ0v) is 44.9. The molecule has 0 spiro atoms. The van der Waals surface area contributed by atoms with Gasteiger partial charge in [0.2, 0.25) is 0 Å². The van der Waals surface area contributed by atoms with Gasteiger partial charge in [-0.05, 0) is 124 Å². The Bertz CT molecular complexity index is 5000. The minimum absolute atomic E-state index is 0.0730. The Labute approximate surface area is 480 Å². The quantitative estimate of drug-likeness (QED) is 0.142. The smallest absolute Gasteiger partial charge is 0.252 e. The third-order valence-electron chi connectivity index (χ3n) is 17.0. The van der Waals surface area contributed by atoms with Crippen LogP contribution in [0.5, 0.6) is 0 Å². The lowest BCUT2D eigenvalue weighted by atomic mass is 9.33. The van der Waals surface area contributed by atoms with E-state index < -0.39 is 0 Å². The van der Waals surface area contributed by atoms with Gasteiger partial charge in [0.15, 0.2) is 5.82 Å². The molecule has 7 heteroatoms. The molecule has 0 fully saturated rings. The summed E-state index contributed by atoms with van der Waals surface area (Å²) in [5.74, 6) is 0.677. The topological polar surface area (TPSA) is 50.3 Å². The summed E-state index contributed by atoms with van der Waals surface area (Å²) in [6, 6.07) is 105. The van der Waals surface area contributed by atoms with Crippen LogP contribution in [-0.2, 0) is 0 Å². The van der Waals surface area contributed by atoms with Crippen molar-refractivity contribution in [2.75, 3.05) is 9.80 Å². The van der Waals surface area contributed by atoms with Gasteiger partial charge in [0.25, 0.3) is 6.71 Å². The molecule has 17 rings (SSSR count). The van der Waals surface area contributed by atoms with E-state index in [4.69, 9.17) is 14.4 Å². The molecule has 0 radical (unpaired) electrons. The molecule has 0 amide bonds. The van der Waals surface area contributed by atoms with Crippen molar-refractivity contribution in [1.82, 2.24) is 14.5 Å². The maximum absolute atomic E-state index is 6.77. The van der Waals surface area contributed by atoms with Crippen molar-refractivity contribution in [3.8, 4) is 61.8 Å². The lowest BCUT2D eigenvalue weighted by Crippen LogP contribution is -2.61. The van der Waals surface area contributed by atoms with Crippen LogP contribution in [0.1, 0.15) is 0 Å². The van der Waals surface area contributed by atoms with Crippen molar-refractivity contribution in [3.63, 3.8) is 0 Å². The molecule has 0 atom stereocenters. The summed E-state index contributed by atoms with van der Waals surface area (Å²) < 4.78 is 9.18. The first kappa shape index (κ1) is 46.9. The zero-order valence-electron chi connectivity index (χ0n) is 44.9. The van der Waals surface area contributed by atoms with Crippen LogP contribution in [0.15, 0.2) is 296 Å². The Morgan fingerprint density at radius 2 is 0.880 bits per heavy atom. The van der Waals surface area contributed by atoms with Crippen LogP contribution >= 0.6 is 0 Å². The van der Waals surface area contributed by atoms with E-state index in [1.807, 2.05) is 30.3 Å². The maximum Gasteiger partial charge on any atom is 0.252 e. The number of para-hydroxylation sites is 5. The van der Waals surface area contributed by atoms with Gasteiger partial charge in [0.1, 0.15) is 11.2 Å². The molecule has 386 valence electrons. The van der Waals surface area contributed by atoms with E-state index in [0.717, 1.165) is 111 Å². The first-order valence-electron chi connectivity index (χ1n) is 28.3. The van der Waals surface area contributed by atoms with E-state index in [0.29, 0.717) is 5.82 Å². The number of nitrogens with zero attached hydrogens (tertiary/aromatic N) is 5. The third-order valence-corrected chi connectivity index (χ3v) is 17.0. The second kappa shape index (κ2) is 18.8. The molecule has 0 saturated carbocycles. The molecule has 2 aliphatic rings.